The third-order valence-corrected chi connectivity index (χ3v) is 4.15. The monoisotopic (exact) mass is 337 g/mol. The van der Waals surface area contributed by atoms with Crippen LogP contribution in [0.2, 0.25) is 5.02 Å². The van der Waals surface area contributed by atoms with Crippen LogP contribution in [-0.4, -0.2) is 11.1 Å². The van der Waals surface area contributed by atoms with Crippen molar-refractivity contribution in [3.8, 4) is 11.1 Å². The van der Waals surface area contributed by atoms with Crippen LogP contribution in [-0.2, 0) is 4.79 Å². The van der Waals surface area contributed by atoms with Crippen molar-refractivity contribution in [2.45, 2.75) is 5.92 Å². The Morgan fingerprint density at radius 3 is 2.17 bits per heavy atom. The molecule has 1 atom stereocenters. The Kier molecular flexibility index (Phi) is 4.94. The lowest BCUT2D eigenvalue weighted by molar-refractivity contribution is -0.129. The van der Waals surface area contributed by atoms with Gasteiger partial charge in [0.25, 0.3) is 5.91 Å². The van der Waals surface area contributed by atoms with Crippen molar-refractivity contribution in [3.05, 3.63) is 95.0 Å². The molecule has 3 aromatic rings. The third kappa shape index (κ3) is 3.48. The Morgan fingerprint density at radius 2 is 1.50 bits per heavy atom. The first-order valence-corrected chi connectivity index (χ1v) is 7.91. The summed E-state index contributed by atoms with van der Waals surface area (Å²) >= 11 is 5.94. The fourth-order valence-corrected chi connectivity index (χ4v) is 2.87. The molecule has 2 N–H and O–H groups in total. The largest absolute Gasteiger partial charge is 0.289 e. The lowest BCUT2D eigenvalue weighted by Crippen LogP contribution is -2.27. The maximum Gasteiger partial charge on any atom is 0.255 e. The quantitative estimate of drug-likeness (QED) is 0.538. The summed E-state index contributed by atoms with van der Waals surface area (Å²) in [6.45, 7) is 0. The number of rotatable bonds is 4. The van der Waals surface area contributed by atoms with E-state index < -0.39 is 11.8 Å². The number of benzene rings is 3. The van der Waals surface area contributed by atoms with Gasteiger partial charge in [-0.05, 0) is 34.4 Å². The SMILES string of the molecule is O=C(NO)C(c1ccccc1)c1cccc(-c2ccc(Cl)cc2)c1. The molecule has 4 heteroatoms. The van der Waals surface area contributed by atoms with E-state index in [-0.39, 0.29) is 0 Å². The van der Waals surface area contributed by atoms with Crippen molar-refractivity contribution in [1.29, 1.82) is 0 Å². The van der Waals surface area contributed by atoms with Gasteiger partial charge in [0, 0.05) is 5.02 Å². The molecule has 120 valence electrons. The molecule has 0 spiro atoms. The molecule has 0 aromatic heterocycles. The van der Waals surface area contributed by atoms with Crippen LogP contribution in [0.4, 0.5) is 0 Å². The number of halogens is 1. The van der Waals surface area contributed by atoms with Crippen molar-refractivity contribution < 1.29 is 10.0 Å². The van der Waals surface area contributed by atoms with E-state index in [9.17, 15) is 4.79 Å². The van der Waals surface area contributed by atoms with E-state index in [2.05, 4.69) is 0 Å². The van der Waals surface area contributed by atoms with Gasteiger partial charge in [-0.2, -0.15) is 0 Å². The molecule has 0 radical (unpaired) electrons. The van der Waals surface area contributed by atoms with Crippen LogP contribution in [0.5, 0.6) is 0 Å². The Morgan fingerprint density at radius 1 is 0.833 bits per heavy atom. The molecule has 1 amide bonds. The zero-order chi connectivity index (χ0) is 16.9. The molecule has 0 heterocycles. The Balaban J connectivity index is 2.04. The van der Waals surface area contributed by atoms with Gasteiger partial charge in [-0.1, -0.05) is 78.3 Å². The second kappa shape index (κ2) is 7.30. The van der Waals surface area contributed by atoms with Crippen molar-refractivity contribution in [2.75, 3.05) is 0 Å². The van der Waals surface area contributed by atoms with E-state index in [1.54, 1.807) is 5.48 Å². The van der Waals surface area contributed by atoms with Gasteiger partial charge in [0.05, 0.1) is 5.92 Å². The highest BCUT2D eigenvalue weighted by molar-refractivity contribution is 6.30. The molecule has 0 saturated carbocycles. The second-order valence-corrected chi connectivity index (χ2v) is 5.89. The first kappa shape index (κ1) is 16.2. The molecule has 1 unspecified atom stereocenters. The molecule has 0 fully saturated rings. The molecule has 3 aromatic carbocycles. The number of nitrogens with one attached hydrogen (secondary N) is 1. The molecule has 3 nitrogen and oxygen atoms in total. The minimum absolute atomic E-state index is 0.463. The fourth-order valence-electron chi connectivity index (χ4n) is 2.75. The maximum atomic E-state index is 12.2. The summed E-state index contributed by atoms with van der Waals surface area (Å²) in [6, 6.07) is 24.6. The Hall–Kier alpha value is -2.62. The second-order valence-electron chi connectivity index (χ2n) is 5.45. The van der Waals surface area contributed by atoms with Crippen molar-refractivity contribution in [3.63, 3.8) is 0 Å². The molecule has 3 rings (SSSR count). The summed E-state index contributed by atoms with van der Waals surface area (Å²) in [5.41, 5.74) is 5.39. The van der Waals surface area contributed by atoms with Crippen LogP contribution < -0.4 is 5.48 Å². The first-order chi connectivity index (χ1) is 11.7. The van der Waals surface area contributed by atoms with E-state index in [0.29, 0.717) is 5.02 Å². The first-order valence-electron chi connectivity index (χ1n) is 7.54. The van der Waals surface area contributed by atoms with Crippen molar-refractivity contribution in [2.24, 2.45) is 0 Å². The van der Waals surface area contributed by atoms with Crippen LogP contribution in [0, 0.1) is 0 Å². The van der Waals surface area contributed by atoms with Crippen LogP contribution in [0.1, 0.15) is 17.0 Å². The van der Waals surface area contributed by atoms with Gasteiger partial charge in [-0.25, -0.2) is 5.48 Å². The summed E-state index contributed by atoms with van der Waals surface area (Å²) in [7, 11) is 0. The summed E-state index contributed by atoms with van der Waals surface area (Å²) in [5, 5.41) is 9.81. The zero-order valence-corrected chi connectivity index (χ0v) is 13.6. The van der Waals surface area contributed by atoms with Gasteiger partial charge in [-0.3, -0.25) is 10.0 Å². The maximum absolute atomic E-state index is 12.2. The van der Waals surface area contributed by atoms with Gasteiger partial charge >= 0.3 is 0 Å². The van der Waals surface area contributed by atoms with Crippen LogP contribution >= 0.6 is 11.6 Å². The summed E-state index contributed by atoms with van der Waals surface area (Å²) < 4.78 is 0. The average Bonchev–Trinajstić information content (AvgIpc) is 2.63. The van der Waals surface area contributed by atoms with Gasteiger partial charge in [-0.15, -0.1) is 0 Å². The van der Waals surface area contributed by atoms with Crippen LogP contribution in [0.3, 0.4) is 0 Å². The number of hydroxylamine groups is 1. The smallest absolute Gasteiger partial charge is 0.255 e. The van der Waals surface area contributed by atoms with E-state index in [0.717, 1.165) is 22.3 Å². The van der Waals surface area contributed by atoms with Crippen LogP contribution in [0.25, 0.3) is 11.1 Å². The van der Waals surface area contributed by atoms with E-state index in [4.69, 9.17) is 16.8 Å². The molecule has 0 saturated heterocycles. The molecular formula is C20H16ClNO2. The molecule has 0 aliphatic rings. The summed E-state index contributed by atoms with van der Waals surface area (Å²) in [4.78, 5) is 12.2. The van der Waals surface area contributed by atoms with E-state index in [1.807, 2.05) is 78.9 Å². The predicted molar refractivity (Wildman–Crippen MR) is 95.1 cm³/mol. The molecule has 24 heavy (non-hydrogen) atoms. The Labute approximate surface area is 145 Å². The van der Waals surface area contributed by atoms with E-state index in [1.165, 1.54) is 0 Å². The minimum Gasteiger partial charge on any atom is -0.289 e. The molecular weight excluding hydrogens is 322 g/mol. The number of carbonyl (C=O) groups excluding carboxylic acids is 1. The minimum atomic E-state index is -0.580. The number of hydrogen-bond donors (Lipinski definition) is 2. The van der Waals surface area contributed by atoms with Crippen molar-refractivity contribution >= 4 is 17.5 Å². The number of hydrogen-bond acceptors (Lipinski definition) is 2. The third-order valence-electron chi connectivity index (χ3n) is 3.90. The van der Waals surface area contributed by atoms with Crippen molar-refractivity contribution in [1.82, 2.24) is 5.48 Å². The lowest BCUT2D eigenvalue weighted by atomic mass is 9.89. The average molecular weight is 338 g/mol. The topological polar surface area (TPSA) is 49.3 Å². The van der Waals surface area contributed by atoms with E-state index >= 15 is 0 Å². The highest BCUT2D eigenvalue weighted by Gasteiger charge is 2.22. The van der Waals surface area contributed by atoms with Crippen LogP contribution in [0.15, 0.2) is 78.9 Å². The van der Waals surface area contributed by atoms with Gasteiger partial charge < -0.3 is 0 Å². The zero-order valence-electron chi connectivity index (χ0n) is 12.8. The highest BCUT2D eigenvalue weighted by atomic mass is 35.5. The Bertz CT molecular complexity index is 832. The molecule has 0 bridgehead atoms. The molecule has 0 aliphatic carbocycles. The standard InChI is InChI=1S/C20H16ClNO2/c21-18-11-9-14(10-12-18)16-7-4-8-17(13-16)19(20(23)22-24)15-5-2-1-3-6-15/h1-13,19,24H,(H,22,23). The lowest BCUT2D eigenvalue weighted by Gasteiger charge is -2.17. The number of amides is 1. The normalized spacial score (nSPS) is 11.8. The van der Waals surface area contributed by atoms with Gasteiger partial charge in [0.15, 0.2) is 0 Å². The van der Waals surface area contributed by atoms with Gasteiger partial charge in [0.2, 0.25) is 0 Å². The summed E-state index contributed by atoms with van der Waals surface area (Å²) in [6.07, 6.45) is 0. The molecule has 0 aliphatic heterocycles. The number of carbonyl (C=O) groups is 1. The highest BCUT2D eigenvalue weighted by Crippen LogP contribution is 2.29. The van der Waals surface area contributed by atoms with Gasteiger partial charge in [0.1, 0.15) is 0 Å². The summed E-state index contributed by atoms with van der Waals surface area (Å²) in [5.74, 6) is -1.04. The fraction of sp³-hybridized carbons (Fsp3) is 0.0500. The predicted octanol–water partition coefficient (Wildman–Crippen LogP) is 4.64.